The molecule has 0 heterocycles. The van der Waals surface area contributed by atoms with Gasteiger partial charge >= 0.3 is 5.97 Å². The van der Waals surface area contributed by atoms with Gasteiger partial charge in [0.15, 0.2) is 6.61 Å². The maximum atomic E-state index is 11.9. The summed E-state index contributed by atoms with van der Waals surface area (Å²) >= 11 is 7.28. The highest BCUT2D eigenvalue weighted by Gasteiger charge is 2.10. The van der Waals surface area contributed by atoms with Crippen LogP contribution >= 0.6 is 23.4 Å². The van der Waals surface area contributed by atoms with Gasteiger partial charge in [0.25, 0.3) is 5.91 Å². The number of hydrogen-bond acceptors (Lipinski definition) is 4. The van der Waals surface area contributed by atoms with E-state index in [0.29, 0.717) is 10.7 Å². The maximum Gasteiger partial charge on any atom is 0.316 e. The van der Waals surface area contributed by atoms with Crippen LogP contribution in [0.15, 0.2) is 41.3 Å². The third-order valence-electron chi connectivity index (χ3n) is 3.50. The molecule has 1 N–H and O–H groups in total. The number of rotatable bonds is 6. The SMILES string of the molecule is Cc1ccc(SCC(=O)OCC(=O)Nc2ccc(Cl)cc2C)c(C)c1. The van der Waals surface area contributed by atoms with Crippen LogP contribution in [0.5, 0.6) is 0 Å². The van der Waals surface area contributed by atoms with Crippen molar-refractivity contribution in [2.45, 2.75) is 25.7 Å². The predicted octanol–water partition coefficient (Wildman–Crippen LogP) is 4.54. The van der Waals surface area contributed by atoms with Gasteiger partial charge in [-0.1, -0.05) is 29.3 Å². The van der Waals surface area contributed by atoms with E-state index >= 15 is 0 Å². The molecule has 132 valence electrons. The lowest BCUT2D eigenvalue weighted by Crippen LogP contribution is -2.22. The van der Waals surface area contributed by atoms with Gasteiger partial charge in [0.2, 0.25) is 0 Å². The summed E-state index contributed by atoms with van der Waals surface area (Å²) in [6, 6.07) is 11.2. The highest BCUT2D eigenvalue weighted by molar-refractivity contribution is 8.00. The number of esters is 1. The smallest absolute Gasteiger partial charge is 0.316 e. The van der Waals surface area contributed by atoms with E-state index < -0.39 is 5.97 Å². The molecule has 0 spiro atoms. The molecule has 0 aliphatic heterocycles. The zero-order valence-electron chi connectivity index (χ0n) is 14.4. The van der Waals surface area contributed by atoms with Crippen LogP contribution in [-0.2, 0) is 14.3 Å². The molecule has 0 bridgehead atoms. The lowest BCUT2D eigenvalue weighted by molar-refractivity contribution is -0.144. The molecule has 0 aliphatic rings. The van der Waals surface area contributed by atoms with E-state index in [1.54, 1.807) is 18.2 Å². The number of amides is 1. The number of thioether (sulfide) groups is 1. The van der Waals surface area contributed by atoms with Crippen LogP contribution < -0.4 is 5.32 Å². The first-order valence-electron chi connectivity index (χ1n) is 7.77. The first-order chi connectivity index (χ1) is 11.8. The maximum absolute atomic E-state index is 11.9. The predicted molar refractivity (Wildman–Crippen MR) is 102 cm³/mol. The minimum Gasteiger partial charge on any atom is -0.455 e. The standard InChI is InChI=1S/C19H20ClNO3S/c1-12-4-7-17(14(3)8-12)25-11-19(23)24-10-18(22)21-16-6-5-15(20)9-13(16)2/h4-9H,10-11H2,1-3H3,(H,21,22). The zero-order chi connectivity index (χ0) is 18.4. The number of hydrogen-bond donors (Lipinski definition) is 1. The van der Waals surface area contributed by atoms with Crippen LogP contribution in [0.25, 0.3) is 0 Å². The topological polar surface area (TPSA) is 55.4 Å². The van der Waals surface area contributed by atoms with Crippen molar-refractivity contribution in [3.8, 4) is 0 Å². The van der Waals surface area contributed by atoms with Crippen LogP contribution in [-0.4, -0.2) is 24.2 Å². The fourth-order valence-corrected chi connectivity index (χ4v) is 3.27. The average molecular weight is 378 g/mol. The Balaban J connectivity index is 1.78. The van der Waals surface area contributed by atoms with E-state index in [4.69, 9.17) is 16.3 Å². The molecule has 0 aromatic heterocycles. The molecule has 2 rings (SSSR count). The largest absolute Gasteiger partial charge is 0.455 e. The Morgan fingerprint density at radius 2 is 1.84 bits per heavy atom. The van der Waals surface area contributed by atoms with Gasteiger partial charge < -0.3 is 10.1 Å². The summed E-state index contributed by atoms with van der Waals surface area (Å²) in [6.45, 7) is 5.56. The first kappa shape index (κ1) is 19.3. The van der Waals surface area contributed by atoms with Gasteiger partial charge in [-0.2, -0.15) is 0 Å². The number of aryl methyl sites for hydroxylation is 3. The zero-order valence-corrected chi connectivity index (χ0v) is 16.0. The molecule has 25 heavy (non-hydrogen) atoms. The van der Waals surface area contributed by atoms with E-state index in [0.717, 1.165) is 16.0 Å². The van der Waals surface area contributed by atoms with Gasteiger partial charge in [0.1, 0.15) is 0 Å². The molecule has 6 heteroatoms. The van der Waals surface area contributed by atoms with E-state index in [-0.39, 0.29) is 18.3 Å². The van der Waals surface area contributed by atoms with Crippen LogP contribution in [0.3, 0.4) is 0 Å². The molecule has 0 unspecified atom stereocenters. The molecular weight excluding hydrogens is 358 g/mol. The van der Waals surface area contributed by atoms with E-state index in [1.165, 1.54) is 17.3 Å². The quantitative estimate of drug-likeness (QED) is 0.593. The summed E-state index contributed by atoms with van der Waals surface area (Å²) in [5.41, 5.74) is 3.79. The summed E-state index contributed by atoms with van der Waals surface area (Å²) in [5, 5.41) is 3.30. The number of carbonyl (C=O) groups is 2. The van der Waals surface area contributed by atoms with E-state index in [9.17, 15) is 9.59 Å². The highest BCUT2D eigenvalue weighted by atomic mass is 35.5. The molecular formula is C19H20ClNO3S. The fourth-order valence-electron chi connectivity index (χ4n) is 2.24. The van der Waals surface area contributed by atoms with Crippen LogP contribution in [0, 0.1) is 20.8 Å². The lowest BCUT2D eigenvalue weighted by atomic mass is 10.2. The van der Waals surface area contributed by atoms with Crippen LogP contribution in [0.1, 0.15) is 16.7 Å². The molecule has 0 fully saturated rings. The van der Waals surface area contributed by atoms with Crippen molar-refractivity contribution in [2.24, 2.45) is 0 Å². The Morgan fingerprint density at radius 1 is 1.08 bits per heavy atom. The van der Waals surface area contributed by atoms with E-state index in [2.05, 4.69) is 11.4 Å². The summed E-state index contributed by atoms with van der Waals surface area (Å²) in [5.74, 6) is -0.639. The van der Waals surface area contributed by atoms with Crippen molar-refractivity contribution in [3.63, 3.8) is 0 Å². The van der Waals surface area contributed by atoms with Gasteiger partial charge in [-0.3, -0.25) is 9.59 Å². The Hall–Kier alpha value is -1.98. The van der Waals surface area contributed by atoms with Crippen molar-refractivity contribution in [1.82, 2.24) is 0 Å². The number of anilines is 1. The Bertz CT molecular complexity index is 792. The summed E-state index contributed by atoms with van der Waals surface area (Å²) < 4.78 is 5.03. The summed E-state index contributed by atoms with van der Waals surface area (Å²) in [6.07, 6.45) is 0. The number of benzene rings is 2. The third-order valence-corrected chi connectivity index (χ3v) is 4.89. The molecule has 0 saturated heterocycles. The Labute approximate surface area is 156 Å². The van der Waals surface area contributed by atoms with Crippen molar-refractivity contribution in [2.75, 3.05) is 17.7 Å². The van der Waals surface area contributed by atoms with Crippen molar-refractivity contribution < 1.29 is 14.3 Å². The molecule has 0 atom stereocenters. The normalized spacial score (nSPS) is 10.4. The number of halogens is 1. The lowest BCUT2D eigenvalue weighted by Gasteiger charge is -2.10. The monoisotopic (exact) mass is 377 g/mol. The summed E-state index contributed by atoms with van der Waals surface area (Å²) in [7, 11) is 0. The molecule has 0 aliphatic carbocycles. The van der Waals surface area contributed by atoms with Gasteiger partial charge in [0.05, 0.1) is 5.75 Å². The minimum absolute atomic E-state index is 0.164. The Morgan fingerprint density at radius 3 is 2.52 bits per heavy atom. The number of carbonyl (C=O) groups excluding carboxylic acids is 2. The molecule has 1 amide bonds. The summed E-state index contributed by atoms with van der Waals surface area (Å²) in [4.78, 5) is 24.7. The molecule has 4 nitrogen and oxygen atoms in total. The van der Waals surface area contributed by atoms with Crippen molar-refractivity contribution >= 4 is 40.9 Å². The van der Waals surface area contributed by atoms with Crippen molar-refractivity contribution in [1.29, 1.82) is 0 Å². The highest BCUT2D eigenvalue weighted by Crippen LogP contribution is 2.23. The van der Waals surface area contributed by atoms with Gasteiger partial charge in [-0.05, 0) is 56.2 Å². The second-order valence-corrected chi connectivity index (χ2v) is 7.18. The van der Waals surface area contributed by atoms with Crippen molar-refractivity contribution in [3.05, 3.63) is 58.1 Å². The molecule has 2 aromatic carbocycles. The first-order valence-corrected chi connectivity index (χ1v) is 9.13. The average Bonchev–Trinajstić information content (AvgIpc) is 2.55. The minimum atomic E-state index is -0.423. The molecule has 0 saturated carbocycles. The molecule has 0 radical (unpaired) electrons. The van der Waals surface area contributed by atoms with Crippen LogP contribution in [0.2, 0.25) is 5.02 Å². The second kappa shape index (κ2) is 8.92. The van der Waals surface area contributed by atoms with Gasteiger partial charge in [-0.25, -0.2) is 0 Å². The van der Waals surface area contributed by atoms with Gasteiger partial charge in [0, 0.05) is 15.6 Å². The fraction of sp³-hybridized carbons (Fsp3) is 0.263. The van der Waals surface area contributed by atoms with Gasteiger partial charge in [-0.15, -0.1) is 11.8 Å². The molecule has 2 aromatic rings. The van der Waals surface area contributed by atoms with Crippen LogP contribution in [0.4, 0.5) is 5.69 Å². The second-order valence-electron chi connectivity index (χ2n) is 5.73. The van der Waals surface area contributed by atoms with E-state index in [1.807, 2.05) is 32.9 Å². The third kappa shape index (κ3) is 6.11. The Kier molecular flexibility index (Phi) is 6.91. The number of nitrogens with one attached hydrogen (secondary N) is 1. The number of ether oxygens (including phenoxy) is 1.